The van der Waals surface area contributed by atoms with Crippen molar-refractivity contribution in [2.24, 2.45) is 4.99 Å². The second-order valence-corrected chi connectivity index (χ2v) is 6.13. The molecule has 144 valence electrons. The number of rotatable bonds is 5. The predicted octanol–water partition coefficient (Wildman–Crippen LogP) is 5.41. The molecule has 1 aromatic heterocycles. The number of aromatic nitrogens is 1. The molecule has 0 saturated heterocycles. The molecule has 1 aromatic carbocycles. The van der Waals surface area contributed by atoms with E-state index in [2.05, 4.69) is 15.3 Å². The van der Waals surface area contributed by atoms with Crippen LogP contribution in [0.1, 0.15) is 18.2 Å². The van der Waals surface area contributed by atoms with Crippen molar-refractivity contribution in [1.82, 2.24) is 4.98 Å². The van der Waals surface area contributed by atoms with Gasteiger partial charge in [0.25, 0.3) is 0 Å². The third-order valence-corrected chi connectivity index (χ3v) is 4.32. The Morgan fingerprint density at radius 3 is 2.50 bits per heavy atom. The molecular formula is C21H20ClFN3OU-. The van der Waals surface area contributed by atoms with Gasteiger partial charge in [-0.15, -0.1) is 0 Å². The van der Waals surface area contributed by atoms with E-state index in [-0.39, 0.29) is 31.1 Å². The smallest absolute Gasteiger partial charge is 0.220 e. The predicted molar refractivity (Wildman–Crippen MR) is 110 cm³/mol. The number of likely N-dealkylation sites (N-methyl/N-ethyl adjacent to an activating group) is 1. The zero-order valence-corrected chi connectivity index (χ0v) is 21.0. The number of halogens is 2. The van der Waals surface area contributed by atoms with Crippen LogP contribution in [0.15, 0.2) is 53.0 Å². The summed E-state index contributed by atoms with van der Waals surface area (Å²) in [5.74, 6) is -0.0353. The number of aliphatic imine (C=N–C) groups is 1. The maximum Gasteiger partial charge on any atom is 0.220 e. The van der Waals surface area contributed by atoms with Gasteiger partial charge in [-0.05, 0) is 49.3 Å². The molecular weight excluding hydrogens is 603 g/mol. The first-order chi connectivity index (χ1) is 12.9. The molecule has 0 aliphatic heterocycles. The molecule has 0 aliphatic carbocycles. The Morgan fingerprint density at radius 2 is 2.00 bits per heavy atom. The molecule has 1 heterocycles. The number of hydrogen-bond donors (Lipinski definition) is 0. The quantitative estimate of drug-likeness (QED) is 0.112. The Morgan fingerprint density at radius 1 is 1.29 bits per heavy atom. The number of benzene rings is 1. The van der Waals surface area contributed by atoms with Crippen molar-refractivity contribution < 1.29 is 40.3 Å². The summed E-state index contributed by atoms with van der Waals surface area (Å²) in [7, 11) is 3.26. The average molecular weight is 623 g/mol. The summed E-state index contributed by atoms with van der Waals surface area (Å²) in [4.78, 5) is 19.6. The van der Waals surface area contributed by atoms with Crippen molar-refractivity contribution in [2.45, 2.75) is 13.8 Å². The first kappa shape index (κ1) is 24.3. The molecule has 2 aromatic rings. The van der Waals surface area contributed by atoms with Crippen LogP contribution in [0.4, 0.5) is 4.39 Å². The Balaban J connectivity index is 0.00000392. The van der Waals surface area contributed by atoms with Gasteiger partial charge in [-0.25, -0.2) is 4.98 Å². The molecule has 2 rings (SSSR count). The van der Waals surface area contributed by atoms with Gasteiger partial charge in [0.1, 0.15) is 0 Å². The van der Waals surface area contributed by atoms with E-state index in [1.54, 1.807) is 57.4 Å². The van der Waals surface area contributed by atoms with Crippen molar-refractivity contribution in [2.75, 3.05) is 14.1 Å². The summed E-state index contributed by atoms with van der Waals surface area (Å²) in [5, 5.41) is 4.43. The Bertz CT molecular complexity index is 955. The average Bonchev–Trinajstić information content (AvgIpc) is 2.65. The minimum absolute atomic E-state index is 0. The van der Waals surface area contributed by atoms with Crippen LogP contribution in [-0.4, -0.2) is 31.2 Å². The van der Waals surface area contributed by atoms with Crippen LogP contribution in [0, 0.1) is 44.0 Å². The van der Waals surface area contributed by atoms with Gasteiger partial charge in [-0.3, -0.25) is 4.79 Å². The first-order valence-electron chi connectivity index (χ1n) is 8.28. The number of hydrogen-bond acceptors (Lipinski definition) is 3. The summed E-state index contributed by atoms with van der Waals surface area (Å²) >= 11 is 6.39. The topological polar surface area (TPSA) is 56.4 Å². The summed E-state index contributed by atoms with van der Waals surface area (Å²) in [6.45, 7) is 3.56. The normalized spacial score (nSPS) is 12.4. The van der Waals surface area contributed by atoms with Gasteiger partial charge in [-0.1, -0.05) is 49.7 Å². The van der Waals surface area contributed by atoms with Crippen LogP contribution in [0.5, 0.6) is 0 Å². The number of allylic oxidation sites excluding steroid dienone is 2. The largest absolute Gasteiger partial charge is 0.469 e. The molecule has 0 atom stereocenters. The van der Waals surface area contributed by atoms with E-state index in [1.165, 1.54) is 0 Å². The number of carbonyl (C=O) groups is 1. The zero-order chi connectivity index (χ0) is 20.0. The number of pyridine rings is 1. The van der Waals surface area contributed by atoms with Crippen LogP contribution in [0.25, 0.3) is 22.0 Å². The number of carbonyl (C=O) groups excluding carboxylic acids is 1. The second-order valence-electron chi connectivity index (χ2n) is 5.72. The molecule has 0 aliphatic rings. The molecule has 0 saturated carbocycles. The SMILES string of the molecule is C/C=C(/C=C(\C=O)c1ccc(-c2ccc(C)nc2F)cc1Cl)C(=NC)[N-]C.[U]. The standard InChI is InChI=1S/C21H20ClFN3O.U/c1-5-14(21(24-3)25-4)10-16(12-27)17-9-7-15(11-19(17)22)18-8-6-13(2)26-20(18)23;/h5-12H,1-4H3;/q-1;/b14-5-,16-10+;. The van der Waals surface area contributed by atoms with Crippen molar-refractivity contribution in [3.05, 3.63) is 75.6 Å². The van der Waals surface area contributed by atoms with Crippen LogP contribution in [0.3, 0.4) is 0 Å². The van der Waals surface area contributed by atoms with Gasteiger partial charge < -0.3 is 10.3 Å². The molecule has 28 heavy (non-hydrogen) atoms. The van der Waals surface area contributed by atoms with E-state index < -0.39 is 5.95 Å². The van der Waals surface area contributed by atoms with Gasteiger partial charge in [-0.2, -0.15) is 4.39 Å². The fourth-order valence-corrected chi connectivity index (χ4v) is 2.92. The van der Waals surface area contributed by atoms with Crippen LogP contribution in [-0.2, 0) is 4.79 Å². The Labute approximate surface area is 193 Å². The molecule has 0 spiro atoms. The molecule has 0 unspecified atom stereocenters. The maximum atomic E-state index is 14.1. The van der Waals surface area contributed by atoms with E-state index in [4.69, 9.17) is 11.6 Å². The van der Waals surface area contributed by atoms with Crippen molar-refractivity contribution in [3.8, 4) is 11.1 Å². The third-order valence-electron chi connectivity index (χ3n) is 4.01. The Kier molecular flexibility index (Phi) is 9.81. The van der Waals surface area contributed by atoms with Gasteiger partial charge in [0.05, 0.1) is 0 Å². The van der Waals surface area contributed by atoms with Gasteiger partial charge in [0, 0.05) is 58.5 Å². The summed E-state index contributed by atoms with van der Waals surface area (Å²) in [6, 6.07) is 8.41. The van der Waals surface area contributed by atoms with Crippen LogP contribution in [0.2, 0.25) is 5.02 Å². The van der Waals surface area contributed by atoms with E-state index in [0.29, 0.717) is 44.4 Å². The summed E-state index contributed by atoms with van der Waals surface area (Å²) < 4.78 is 14.1. The number of amidine groups is 1. The van der Waals surface area contributed by atoms with E-state index in [1.807, 2.05) is 13.0 Å². The first-order valence-corrected chi connectivity index (χ1v) is 8.66. The molecule has 0 bridgehead atoms. The van der Waals surface area contributed by atoms with Gasteiger partial charge in [0.15, 0.2) is 6.29 Å². The van der Waals surface area contributed by atoms with Crippen molar-refractivity contribution in [1.29, 1.82) is 0 Å². The second kappa shape index (κ2) is 11.3. The van der Waals surface area contributed by atoms with E-state index in [9.17, 15) is 9.18 Å². The zero-order valence-electron chi connectivity index (χ0n) is 16.1. The fourth-order valence-electron chi connectivity index (χ4n) is 2.64. The fraction of sp³-hybridized carbons (Fsp3) is 0.190. The van der Waals surface area contributed by atoms with Crippen LogP contribution < -0.4 is 0 Å². The van der Waals surface area contributed by atoms with E-state index in [0.717, 1.165) is 6.29 Å². The summed E-state index contributed by atoms with van der Waals surface area (Å²) in [6.07, 6.45) is 4.22. The molecule has 0 amide bonds. The number of nitrogens with zero attached hydrogens (tertiary/aromatic N) is 3. The number of aryl methyl sites for hydroxylation is 1. The minimum atomic E-state index is -0.561. The molecule has 0 N–H and O–H groups in total. The molecule has 0 radical (unpaired) electrons. The van der Waals surface area contributed by atoms with E-state index >= 15 is 0 Å². The van der Waals surface area contributed by atoms with Crippen molar-refractivity contribution >= 4 is 29.3 Å². The Hall–Kier alpha value is -1.74. The van der Waals surface area contributed by atoms with Crippen LogP contribution >= 0.6 is 11.6 Å². The summed E-state index contributed by atoms with van der Waals surface area (Å²) in [5.41, 5.74) is 3.16. The van der Waals surface area contributed by atoms with Gasteiger partial charge in [0.2, 0.25) is 5.95 Å². The maximum absolute atomic E-state index is 14.1. The molecule has 0 fully saturated rings. The number of aldehydes is 1. The minimum Gasteiger partial charge on any atom is -0.469 e. The molecule has 7 heteroatoms. The monoisotopic (exact) mass is 622 g/mol. The third kappa shape index (κ3) is 5.64. The van der Waals surface area contributed by atoms with Gasteiger partial charge >= 0.3 is 0 Å². The van der Waals surface area contributed by atoms with Crippen molar-refractivity contribution in [3.63, 3.8) is 0 Å². The molecule has 4 nitrogen and oxygen atoms in total.